The summed E-state index contributed by atoms with van der Waals surface area (Å²) in [5.74, 6) is -1.19. The molecule has 0 fully saturated rings. The number of hydrogen-bond donors (Lipinski definition) is 0. The van der Waals surface area contributed by atoms with Crippen molar-refractivity contribution in [1.82, 2.24) is 9.97 Å². The summed E-state index contributed by atoms with van der Waals surface area (Å²) in [5, 5.41) is 0.517. The average molecular weight is 435 g/mol. The molecule has 0 aliphatic carbocycles. The topological polar surface area (TPSA) is 52.1 Å². The molecule has 1 heterocycles. The maximum atomic E-state index is 13.9. The van der Waals surface area contributed by atoms with Crippen molar-refractivity contribution in [2.24, 2.45) is 0 Å². The first-order valence-electron chi connectivity index (χ1n) is 4.75. The Balaban J connectivity index is 0.00000180. The van der Waals surface area contributed by atoms with Crippen molar-refractivity contribution in [2.45, 2.75) is 0 Å². The Morgan fingerprint density at radius 1 is 1.53 bits per heavy atom. The van der Waals surface area contributed by atoms with Gasteiger partial charge >= 0.3 is 0 Å². The number of carbonyl (C=O) groups excluding carboxylic acids is 1. The summed E-state index contributed by atoms with van der Waals surface area (Å²) < 4.78 is 18.5. The van der Waals surface area contributed by atoms with Gasteiger partial charge in [-0.2, -0.15) is 0 Å². The van der Waals surface area contributed by atoms with E-state index in [-0.39, 0.29) is 40.2 Å². The summed E-state index contributed by atoms with van der Waals surface area (Å²) in [5.41, 5.74) is 0.330. The van der Waals surface area contributed by atoms with Crippen molar-refractivity contribution in [3.8, 4) is 0 Å². The van der Waals surface area contributed by atoms with Gasteiger partial charge in [0.05, 0.1) is 11.6 Å². The molecule has 2 aromatic rings. The van der Waals surface area contributed by atoms with Gasteiger partial charge in [-0.3, -0.25) is 14.8 Å². The smallest absolute Gasteiger partial charge is 0.249 e. The van der Waals surface area contributed by atoms with E-state index >= 15 is 0 Å². The number of carbonyl (C=O) groups is 1. The number of aromatic nitrogens is 2. The predicted molar refractivity (Wildman–Crippen MR) is 67.6 cm³/mol. The van der Waals surface area contributed by atoms with Gasteiger partial charge in [0, 0.05) is 30.0 Å². The summed E-state index contributed by atoms with van der Waals surface area (Å²) >= 11 is 8.88. The standard InChI is InChI=1S/C11H6BrClFN2O2.Rh/c1-18-8(17)3-7-5-2-6(13)9(12)10(14)11(5)16-4-15-7;/h2-4H,1H3;/q-1;. The minimum absolute atomic E-state index is 0. The van der Waals surface area contributed by atoms with Crippen LogP contribution in [0.5, 0.6) is 0 Å². The molecular weight excluding hydrogens is 429 g/mol. The fourth-order valence-electron chi connectivity index (χ4n) is 1.41. The van der Waals surface area contributed by atoms with Crippen molar-refractivity contribution in [3.63, 3.8) is 0 Å². The number of methoxy groups -OCH3 is 1. The first kappa shape index (κ1) is 16.3. The molecule has 1 radical (unpaired) electrons. The molecule has 0 bridgehead atoms. The van der Waals surface area contributed by atoms with E-state index in [2.05, 4.69) is 30.6 Å². The van der Waals surface area contributed by atoms with Crippen LogP contribution in [0.25, 0.3) is 10.9 Å². The zero-order valence-corrected chi connectivity index (χ0v) is 13.4. The molecule has 0 unspecified atom stereocenters. The second-order valence-corrected chi connectivity index (χ2v) is 4.51. The van der Waals surface area contributed by atoms with Gasteiger partial charge < -0.3 is 4.74 Å². The Kier molecular flexibility index (Phi) is 5.65. The molecule has 0 aliphatic heterocycles. The van der Waals surface area contributed by atoms with E-state index in [4.69, 9.17) is 11.6 Å². The third-order valence-electron chi connectivity index (χ3n) is 2.25. The van der Waals surface area contributed by atoms with Crippen LogP contribution in [0.15, 0.2) is 16.9 Å². The predicted octanol–water partition coefficient (Wildman–Crippen LogP) is 2.91. The van der Waals surface area contributed by atoms with E-state index in [0.717, 1.165) is 6.42 Å². The van der Waals surface area contributed by atoms with Gasteiger partial charge in [-0.05, 0) is 15.9 Å². The molecule has 0 amide bonds. The van der Waals surface area contributed by atoms with Crippen LogP contribution in [0.3, 0.4) is 0 Å². The minimum Gasteiger partial charge on any atom is -0.479 e. The van der Waals surface area contributed by atoms with Crippen LogP contribution in [0, 0.1) is 12.2 Å². The number of ether oxygens (including phenoxy) is 1. The molecule has 0 spiro atoms. The number of hydrogen-bond acceptors (Lipinski definition) is 4. The molecule has 0 atom stereocenters. The van der Waals surface area contributed by atoms with E-state index in [0.29, 0.717) is 5.39 Å². The van der Waals surface area contributed by atoms with Gasteiger partial charge in [-0.1, -0.05) is 23.7 Å². The maximum Gasteiger partial charge on any atom is 0.249 e. The SMILES string of the molecule is COC(=O)[CH-]c1ncnc2c(F)c(Br)c(Cl)cc12.[Rh]. The molecule has 0 N–H and O–H groups in total. The number of esters is 1. The Hall–Kier alpha value is -0.777. The normalized spacial score (nSPS) is 9.89. The molecular formula is C11H6BrClFN2O2Rh-. The van der Waals surface area contributed by atoms with E-state index in [1.54, 1.807) is 0 Å². The first-order valence-corrected chi connectivity index (χ1v) is 5.92. The molecule has 0 saturated heterocycles. The second-order valence-electron chi connectivity index (χ2n) is 3.31. The van der Waals surface area contributed by atoms with Crippen LogP contribution in [-0.2, 0) is 29.0 Å². The van der Waals surface area contributed by atoms with Gasteiger partial charge in [0.1, 0.15) is 12.1 Å². The molecule has 0 aliphatic rings. The van der Waals surface area contributed by atoms with Crippen LogP contribution in [0.1, 0.15) is 5.69 Å². The van der Waals surface area contributed by atoms with Crippen LogP contribution in [0.4, 0.5) is 4.39 Å². The zero-order valence-electron chi connectivity index (χ0n) is 9.41. The zero-order chi connectivity index (χ0) is 13.3. The Labute approximate surface area is 134 Å². The van der Waals surface area contributed by atoms with Crippen molar-refractivity contribution in [3.05, 3.63) is 39.8 Å². The second kappa shape index (κ2) is 6.59. The fourth-order valence-corrected chi connectivity index (χ4v) is 1.91. The third-order valence-corrected chi connectivity index (χ3v) is 3.55. The Morgan fingerprint density at radius 3 is 2.84 bits per heavy atom. The fraction of sp³-hybridized carbons (Fsp3) is 0.0909. The maximum absolute atomic E-state index is 13.9. The Morgan fingerprint density at radius 2 is 2.21 bits per heavy atom. The van der Waals surface area contributed by atoms with E-state index in [9.17, 15) is 9.18 Å². The molecule has 8 heteroatoms. The largest absolute Gasteiger partial charge is 0.479 e. The number of nitrogens with zero attached hydrogens (tertiary/aromatic N) is 2. The molecule has 0 saturated carbocycles. The molecule has 1 aromatic heterocycles. The van der Waals surface area contributed by atoms with Crippen molar-refractivity contribution in [1.29, 1.82) is 0 Å². The third kappa shape index (κ3) is 3.22. The van der Waals surface area contributed by atoms with E-state index in [1.807, 2.05) is 0 Å². The van der Waals surface area contributed by atoms with E-state index < -0.39 is 11.8 Å². The van der Waals surface area contributed by atoms with Crippen LogP contribution >= 0.6 is 27.5 Å². The van der Waals surface area contributed by atoms with Gasteiger partial charge in [-0.15, -0.1) is 11.5 Å². The number of rotatable bonds is 2. The summed E-state index contributed by atoms with van der Waals surface area (Å²) in [6.07, 6.45) is 2.31. The Bertz CT molecular complexity index is 642. The number of halogens is 3. The van der Waals surface area contributed by atoms with Crippen molar-refractivity contribution >= 4 is 44.4 Å². The van der Waals surface area contributed by atoms with Crippen LogP contribution < -0.4 is 0 Å². The van der Waals surface area contributed by atoms with Gasteiger partial charge in [0.15, 0.2) is 0 Å². The summed E-state index contributed by atoms with van der Waals surface area (Å²) in [7, 11) is 1.24. The van der Waals surface area contributed by atoms with Crippen molar-refractivity contribution < 1.29 is 33.4 Å². The molecule has 4 nitrogen and oxygen atoms in total. The van der Waals surface area contributed by atoms with Crippen molar-refractivity contribution in [2.75, 3.05) is 7.11 Å². The van der Waals surface area contributed by atoms with E-state index in [1.165, 1.54) is 19.5 Å². The molecule has 2 rings (SSSR count). The van der Waals surface area contributed by atoms with Gasteiger partial charge in [0.2, 0.25) is 5.97 Å². The monoisotopic (exact) mass is 434 g/mol. The van der Waals surface area contributed by atoms with Gasteiger partial charge in [-0.25, -0.2) is 4.39 Å². The quantitative estimate of drug-likeness (QED) is 0.315. The molecule has 19 heavy (non-hydrogen) atoms. The number of fused-ring (bicyclic) bond motifs is 1. The summed E-state index contributed by atoms with van der Waals surface area (Å²) in [6.45, 7) is 0. The molecule has 1 aromatic carbocycles. The van der Waals surface area contributed by atoms with Gasteiger partial charge in [0.25, 0.3) is 0 Å². The summed E-state index contributed by atoms with van der Waals surface area (Å²) in [6, 6.07) is 1.48. The van der Waals surface area contributed by atoms with Crippen LogP contribution in [0.2, 0.25) is 5.02 Å². The summed E-state index contributed by atoms with van der Waals surface area (Å²) in [4.78, 5) is 18.9. The van der Waals surface area contributed by atoms with Crippen LogP contribution in [-0.4, -0.2) is 23.0 Å². The minimum atomic E-state index is -0.598. The first-order chi connectivity index (χ1) is 8.54. The molecule has 103 valence electrons. The number of benzene rings is 1. The average Bonchev–Trinajstić information content (AvgIpc) is 2.37.